The van der Waals surface area contributed by atoms with Crippen molar-refractivity contribution in [3.8, 4) is 6.07 Å². The van der Waals surface area contributed by atoms with Crippen molar-refractivity contribution in [3.63, 3.8) is 0 Å². The van der Waals surface area contributed by atoms with E-state index in [0.29, 0.717) is 32.7 Å². The molecule has 0 aliphatic carbocycles. The molecule has 3 aliphatic rings. The first kappa shape index (κ1) is 25.5. The molecule has 0 radical (unpaired) electrons. The largest absolute Gasteiger partial charge is 0.376 e. The zero-order valence-corrected chi connectivity index (χ0v) is 21.3. The highest BCUT2D eigenvalue weighted by Crippen LogP contribution is 2.22. The van der Waals surface area contributed by atoms with Crippen LogP contribution < -0.4 is 0 Å². The average Bonchev–Trinajstić information content (AvgIpc) is 3.35. The Morgan fingerprint density at radius 2 is 1.74 bits per heavy atom. The van der Waals surface area contributed by atoms with Gasteiger partial charge in [-0.1, -0.05) is 12.8 Å². The fourth-order valence-corrected chi connectivity index (χ4v) is 5.43. The highest BCUT2D eigenvalue weighted by Gasteiger charge is 2.27. The number of hydrogen-bond donors (Lipinski definition) is 0. The van der Waals surface area contributed by atoms with Crippen molar-refractivity contribution < 1.29 is 14.3 Å². The predicted molar refractivity (Wildman–Crippen MR) is 135 cm³/mol. The first-order valence-electron chi connectivity index (χ1n) is 13.2. The third kappa shape index (κ3) is 6.33. The van der Waals surface area contributed by atoms with Gasteiger partial charge in [0, 0.05) is 63.8 Å². The average molecular weight is 482 g/mol. The van der Waals surface area contributed by atoms with Gasteiger partial charge in [-0.25, -0.2) is 0 Å². The molecule has 0 bridgehead atoms. The van der Waals surface area contributed by atoms with Crippen LogP contribution in [0.3, 0.4) is 0 Å². The molecule has 0 aromatic carbocycles. The molecule has 1 aromatic heterocycles. The molecule has 1 atom stereocenters. The molecule has 2 amide bonds. The molecule has 0 spiro atoms. The number of rotatable bonds is 6. The molecule has 1 aromatic rings. The zero-order valence-electron chi connectivity index (χ0n) is 21.3. The number of piperazine rings is 1. The summed E-state index contributed by atoms with van der Waals surface area (Å²) < 4.78 is 8.02. The van der Waals surface area contributed by atoms with E-state index in [9.17, 15) is 14.9 Å². The van der Waals surface area contributed by atoms with Crippen molar-refractivity contribution >= 4 is 17.9 Å². The van der Waals surface area contributed by atoms with Crippen LogP contribution >= 0.6 is 0 Å². The number of carbonyl (C=O) groups excluding carboxylic acids is 2. The first-order chi connectivity index (χ1) is 17.0. The van der Waals surface area contributed by atoms with Crippen molar-refractivity contribution in [2.45, 2.75) is 65.0 Å². The molecule has 35 heavy (non-hydrogen) atoms. The summed E-state index contributed by atoms with van der Waals surface area (Å²) in [4.78, 5) is 31.7. The Hall–Kier alpha value is -2.63. The monoisotopic (exact) mass is 481 g/mol. The van der Waals surface area contributed by atoms with Crippen LogP contribution in [0.25, 0.3) is 6.08 Å². The number of likely N-dealkylation sites (tertiary alicyclic amines) is 1. The van der Waals surface area contributed by atoms with E-state index in [1.807, 2.05) is 17.9 Å². The van der Waals surface area contributed by atoms with Gasteiger partial charge in [-0.3, -0.25) is 14.5 Å². The Labute approximate surface area is 209 Å². The van der Waals surface area contributed by atoms with E-state index in [2.05, 4.69) is 22.5 Å². The second kappa shape index (κ2) is 11.9. The first-order valence-corrected chi connectivity index (χ1v) is 13.2. The maximum Gasteiger partial charge on any atom is 0.264 e. The van der Waals surface area contributed by atoms with Crippen LogP contribution in [0.5, 0.6) is 0 Å². The normalized spacial score (nSPS) is 22.2. The number of aromatic nitrogens is 1. The Balaban J connectivity index is 1.34. The van der Waals surface area contributed by atoms with Crippen molar-refractivity contribution in [2.75, 3.05) is 52.4 Å². The van der Waals surface area contributed by atoms with Crippen LogP contribution in [0.1, 0.15) is 55.5 Å². The summed E-state index contributed by atoms with van der Waals surface area (Å²) in [7, 11) is 0. The van der Waals surface area contributed by atoms with Crippen LogP contribution in [0.2, 0.25) is 0 Å². The van der Waals surface area contributed by atoms with Crippen LogP contribution in [0, 0.1) is 25.2 Å². The Bertz CT molecular complexity index is 970. The van der Waals surface area contributed by atoms with Gasteiger partial charge in [-0.2, -0.15) is 5.26 Å². The molecule has 0 N–H and O–H groups in total. The lowest BCUT2D eigenvalue weighted by atomic mass is 10.1. The van der Waals surface area contributed by atoms with Crippen molar-refractivity contribution in [3.05, 3.63) is 28.6 Å². The minimum atomic E-state index is -0.227. The summed E-state index contributed by atoms with van der Waals surface area (Å²) in [5.74, 6) is -0.0300. The summed E-state index contributed by atoms with van der Waals surface area (Å²) in [5, 5.41) is 9.77. The molecule has 4 rings (SSSR count). The lowest BCUT2D eigenvalue weighted by molar-refractivity contribution is -0.133. The number of nitrogens with zero attached hydrogens (tertiary/aromatic N) is 5. The van der Waals surface area contributed by atoms with Crippen LogP contribution in [-0.4, -0.2) is 89.6 Å². The molecular formula is C27H39N5O3. The van der Waals surface area contributed by atoms with E-state index >= 15 is 0 Å². The van der Waals surface area contributed by atoms with E-state index in [-0.39, 0.29) is 23.5 Å². The number of ether oxygens (including phenoxy) is 1. The van der Waals surface area contributed by atoms with Gasteiger partial charge in [-0.15, -0.1) is 0 Å². The third-order valence-corrected chi connectivity index (χ3v) is 7.65. The van der Waals surface area contributed by atoms with E-state index in [0.717, 1.165) is 68.9 Å². The molecule has 4 heterocycles. The van der Waals surface area contributed by atoms with E-state index < -0.39 is 0 Å². The summed E-state index contributed by atoms with van der Waals surface area (Å²) in [5.41, 5.74) is 3.23. The Morgan fingerprint density at radius 1 is 1.03 bits per heavy atom. The smallest absolute Gasteiger partial charge is 0.264 e. The van der Waals surface area contributed by atoms with Gasteiger partial charge in [0.05, 0.1) is 12.6 Å². The van der Waals surface area contributed by atoms with Gasteiger partial charge in [0.25, 0.3) is 5.91 Å². The minimum absolute atomic E-state index is 0.163. The standard InChI is InChI=1S/C27H39N5O3/c1-21-16-23(22(2)32(21)19-25-8-7-15-35-25)17-24(18-28)27(34)31-13-11-29(12-14-31)20-26(33)30-9-5-3-4-6-10-30/h16-17,25H,3-15,19-20H2,1-2H3/b24-17+. The molecule has 3 aliphatic heterocycles. The second-order valence-electron chi connectivity index (χ2n) is 10.1. The van der Waals surface area contributed by atoms with Crippen LogP contribution in [-0.2, 0) is 20.9 Å². The number of aryl methyl sites for hydroxylation is 1. The highest BCUT2D eigenvalue weighted by molar-refractivity contribution is 6.01. The fourth-order valence-electron chi connectivity index (χ4n) is 5.43. The second-order valence-corrected chi connectivity index (χ2v) is 10.1. The molecule has 0 saturated carbocycles. The van der Waals surface area contributed by atoms with Crippen LogP contribution in [0.4, 0.5) is 0 Å². The lowest BCUT2D eigenvalue weighted by Gasteiger charge is -2.35. The summed E-state index contributed by atoms with van der Waals surface area (Å²) in [6.45, 7) is 10.2. The number of nitriles is 1. The van der Waals surface area contributed by atoms with E-state index in [1.54, 1.807) is 11.0 Å². The number of amides is 2. The van der Waals surface area contributed by atoms with Crippen LogP contribution in [0.15, 0.2) is 11.6 Å². The minimum Gasteiger partial charge on any atom is -0.376 e. The van der Waals surface area contributed by atoms with Gasteiger partial charge in [0.15, 0.2) is 0 Å². The molecule has 190 valence electrons. The predicted octanol–water partition coefficient (Wildman–Crippen LogP) is 2.74. The lowest BCUT2D eigenvalue weighted by Crippen LogP contribution is -2.51. The Morgan fingerprint density at radius 3 is 2.37 bits per heavy atom. The van der Waals surface area contributed by atoms with Crippen molar-refractivity contribution in [2.24, 2.45) is 0 Å². The topological polar surface area (TPSA) is 81.8 Å². The zero-order chi connectivity index (χ0) is 24.8. The molecule has 3 saturated heterocycles. The van der Waals surface area contributed by atoms with Gasteiger partial charge in [-0.05, 0) is 57.2 Å². The molecular weight excluding hydrogens is 442 g/mol. The Kier molecular flexibility index (Phi) is 8.64. The van der Waals surface area contributed by atoms with E-state index in [4.69, 9.17) is 4.74 Å². The van der Waals surface area contributed by atoms with E-state index in [1.165, 1.54) is 12.8 Å². The molecule has 3 fully saturated rings. The molecule has 8 heteroatoms. The summed E-state index contributed by atoms with van der Waals surface area (Å²) in [6.07, 6.45) is 8.73. The number of carbonyl (C=O) groups is 2. The maximum absolute atomic E-state index is 13.1. The summed E-state index contributed by atoms with van der Waals surface area (Å²) in [6, 6.07) is 4.17. The number of hydrogen-bond acceptors (Lipinski definition) is 5. The highest BCUT2D eigenvalue weighted by atomic mass is 16.5. The quantitative estimate of drug-likeness (QED) is 0.461. The van der Waals surface area contributed by atoms with Crippen molar-refractivity contribution in [1.29, 1.82) is 5.26 Å². The van der Waals surface area contributed by atoms with Crippen molar-refractivity contribution in [1.82, 2.24) is 19.3 Å². The van der Waals surface area contributed by atoms with Gasteiger partial charge in [0.1, 0.15) is 11.6 Å². The van der Waals surface area contributed by atoms with Gasteiger partial charge >= 0.3 is 0 Å². The van der Waals surface area contributed by atoms with Gasteiger partial charge in [0.2, 0.25) is 5.91 Å². The molecule has 1 unspecified atom stereocenters. The molecule has 8 nitrogen and oxygen atoms in total. The third-order valence-electron chi connectivity index (χ3n) is 7.65. The van der Waals surface area contributed by atoms with Gasteiger partial charge < -0.3 is 19.1 Å². The maximum atomic E-state index is 13.1. The fraction of sp³-hybridized carbons (Fsp3) is 0.667. The summed E-state index contributed by atoms with van der Waals surface area (Å²) >= 11 is 0. The SMILES string of the molecule is Cc1cc(/C=C(\C#N)C(=O)N2CCN(CC(=O)N3CCCCCC3)CC2)c(C)n1CC1CCCO1.